The molecule has 0 fully saturated rings. The van der Waals surface area contributed by atoms with E-state index in [1.54, 1.807) is 11.8 Å². The topological polar surface area (TPSA) is 30.2 Å². The third kappa shape index (κ3) is 1.29. The number of nitrogens with zero attached hydrogens (tertiary/aromatic N) is 3. The van der Waals surface area contributed by atoms with Gasteiger partial charge in [-0.2, -0.15) is 0 Å². The van der Waals surface area contributed by atoms with Gasteiger partial charge in [-0.05, 0) is 24.5 Å². The zero-order chi connectivity index (χ0) is 10.3. The lowest BCUT2D eigenvalue weighted by Gasteiger charge is -1.98. The second-order valence-electron chi connectivity index (χ2n) is 3.26. The molecule has 3 nitrogen and oxygen atoms in total. The Morgan fingerprint density at radius 3 is 2.87 bits per heavy atom. The van der Waals surface area contributed by atoms with Crippen molar-refractivity contribution in [2.24, 2.45) is 0 Å². The summed E-state index contributed by atoms with van der Waals surface area (Å²) >= 11 is 1.56. The van der Waals surface area contributed by atoms with Crippen LogP contribution in [0.15, 0.2) is 41.6 Å². The Labute approximate surface area is 91.1 Å². The van der Waals surface area contributed by atoms with Crippen LogP contribution in [0.3, 0.4) is 0 Å². The van der Waals surface area contributed by atoms with E-state index >= 15 is 0 Å². The quantitative estimate of drug-likeness (QED) is 0.584. The highest BCUT2D eigenvalue weighted by molar-refractivity contribution is 7.98. The van der Waals surface area contributed by atoms with Crippen LogP contribution in [-0.4, -0.2) is 20.9 Å². The van der Waals surface area contributed by atoms with E-state index < -0.39 is 0 Å². The van der Waals surface area contributed by atoms with Crippen molar-refractivity contribution in [2.45, 2.75) is 5.16 Å². The van der Waals surface area contributed by atoms with E-state index in [1.807, 2.05) is 29.0 Å². The van der Waals surface area contributed by atoms with Crippen LogP contribution in [0.5, 0.6) is 0 Å². The second kappa shape index (κ2) is 3.24. The zero-order valence-electron chi connectivity index (χ0n) is 8.21. The average Bonchev–Trinajstić information content (AvgIpc) is 2.72. The Morgan fingerprint density at radius 2 is 2.00 bits per heavy atom. The number of pyridine rings is 1. The Hall–Kier alpha value is -1.55. The van der Waals surface area contributed by atoms with Crippen LogP contribution in [0.2, 0.25) is 0 Å². The monoisotopic (exact) mass is 215 g/mol. The van der Waals surface area contributed by atoms with Gasteiger partial charge in [0.15, 0.2) is 5.65 Å². The molecule has 0 N–H and O–H groups in total. The number of para-hydroxylation sites is 1. The molecule has 0 aliphatic rings. The first-order valence-electron chi connectivity index (χ1n) is 4.67. The third-order valence-electron chi connectivity index (χ3n) is 2.37. The summed E-state index contributed by atoms with van der Waals surface area (Å²) in [7, 11) is 0. The molecule has 0 amide bonds. The van der Waals surface area contributed by atoms with Gasteiger partial charge in [-0.3, -0.25) is 0 Å². The van der Waals surface area contributed by atoms with Crippen molar-refractivity contribution in [3.63, 3.8) is 0 Å². The van der Waals surface area contributed by atoms with Gasteiger partial charge < -0.3 is 0 Å². The maximum atomic E-state index is 4.43. The molecule has 0 spiro atoms. The van der Waals surface area contributed by atoms with Crippen molar-refractivity contribution in [3.8, 4) is 0 Å². The van der Waals surface area contributed by atoms with E-state index in [4.69, 9.17) is 0 Å². The number of thioether (sulfide) groups is 1. The Morgan fingerprint density at radius 1 is 1.13 bits per heavy atom. The summed E-state index contributed by atoms with van der Waals surface area (Å²) in [6.45, 7) is 0. The fraction of sp³-hybridized carbons (Fsp3) is 0.0909. The van der Waals surface area contributed by atoms with Crippen LogP contribution >= 0.6 is 11.8 Å². The maximum absolute atomic E-state index is 4.43. The highest BCUT2D eigenvalue weighted by Gasteiger charge is 2.04. The summed E-state index contributed by atoms with van der Waals surface area (Å²) in [6, 6.07) is 12.2. The highest BCUT2D eigenvalue weighted by atomic mass is 32.2. The Bertz CT molecular complexity index is 630. The normalized spacial score (nSPS) is 11.3. The SMILES string of the molecule is CSc1nc2ccc3ccccc3n2n1. The Balaban J connectivity index is 2.47. The summed E-state index contributed by atoms with van der Waals surface area (Å²) in [6.07, 6.45) is 1.98. The van der Waals surface area contributed by atoms with Gasteiger partial charge in [0, 0.05) is 5.39 Å². The van der Waals surface area contributed by atoms with Gasteiger partial charge in [0.2, 0.25) is 5.16 Å². The van der Waals surface area contributed by atoms with Gasteiger partial charge in [-0.15, -0.1) is 5.10 Å². The summed E-state index contributed by atoms with van der Waals surface area (Å²) in [5.41, 5.74) is 2.00. The summed E-state index contributed by atoms with van der Waals surface area (Å²) < 4.78 is 1.89. The minimum Gasteiger partial charge on any atom is -0.212 e. The van der Waals surface area contributed by atoms with E-state index in [2.05, 4.69) is 28.3 Å². The molecule has 1 aromatic carbocycles. The highest BCUT2D eigenvalue weighted by Crippen LogP contribution is 2.17. The molecule has 2 heterocycles. The fourth-order valence-corrected chi connectivity index (χ4v) is 2.01. The van der Waals surface area contributed by atoms with Crippen LogP contribution < -0.4 is 0 Å². The van der Waals surface area contributed by atoms with Crippen molar-refractivity contribution in [3.05, 3.63) is 36.4 Å². The van der Waals surface area contributed by atoms with Gasteiger partial charge in [0.25, 0.3) is 0 Å². The first-order valence-corrected chi connectivity index (χ1v) is 5.89. The minimum atomic E-state index is 0.811. The van der Waals surface area contributed by atoms with E-state index in [0.29, 0.717) is 0 Å². The molecule has 0 bridgehead atoms. The molecule has 0 unspecified atom stereocenters. The zero-order valence-corrected chi connectivity index (χ0v) is 9.03. The molecule has 4 heteroatoms. The van der Waals surface area contributed by atoms with Gasteiger partial charge in [-0.1, -0.05) is 30.0 Å². The van der Waals surface area contributed by atoms with Crippen LogP contribution in [0.25, 0.3) is 16.6 Å². The van der Waals surface area contributed by atoms with Gasteiger partial charge >= 0.3 is 0 Å². The molecule has 0 aliphatic heterocycles. The van der Waals surface area contributed by atoms with Gasteiger partial charge in [-0.25, -0.2) is 9.50 Å². The minimum absolute atomic E-state index is 0.811. The van der Waals surface area contributed by atoms with Crippen LogP contribution in [0.1, 0.15) is 0 Å². The number of hydrogen-bond acceptors (Lipinski definition) is 3. The van der Waals surface area contributed by atoms with Crippen molar-refractivity contribution in [1.82, 2.24) is 14.6 Å². The molecule has 15 heavy (non-hydrogen) atoms. The van der Waals surface area contributed by atoms with Gasteiger partial charge in [0.05, 0.1) is 5.52 Å². The van der Waals surface area contributed by atoms with Crippen LogP contribution in [0, 0.1) is 0 Å². The lowest BCUT2D eigenvalue weighted by Crippen LogP contribution is -1.89. The number of hydrogen-bond donors (Lipinski definition) is 0. The van der Waals surface area contributed by atoms with E-state index in [0.717, 1.165) is 16.3 Å². The molecule has 0 atom stereocenters. The first kappa shape index (κ1) is 8.73. The van der Waals surface area contributed by atoms with E-state index in [9.17, 15) is 0 Å². The van der Waals surface area contributed by atoms with Crippen molar-refractivity contribution >= 4 is 28.3 Å². The van der Waals surface area contributed by atoms with E-state index in [1.165, 1.54) is 5.39 Å². The lowest BCUT2D eigenvalue weighted by molar-refractivity contribution is 0.916. The molecule has 74 valence electrons. The first-order chi connectivity index (χ1) is 7.38. The third-order valence-corrected chi connectivity index (χ3v) is 2.91. The molecular weight excluding hydrogens is 206 g/mol. The lowest BCUT2D eigenvalue weighted by atomic mass is 10.2. The smallest absolute Gasteiger partial charge is 0.209 e. The predicted octanol–water partition coefficient (Wildman–Crippen LogP) is 2.60. The van der Waals surface area contributed by atoms with E-state index in [-0.39, 0.29) is 0 Å². The fourth-order valence-electron chi connectivity index (χ4n) is 1.66. The second-order valence-corrected chi connectivity index (χ2v) is 4.03. The molecule has 0 radical (unpaired) electrons. The number of aromatic nitrogens is 3. The molecular formula is C11H9N3S. The van der Waals surface area contributed by atoms with Crippen molar-refractivity contribution in [1.29, 1.82) is 0 Å². The average molecular weight is 215 g/mol. The van der Waals surface area contributed by atoms with Gasteiger partial charge in [0.1, 0.15) is 0 Å². The summed E-state index contributed by atoms with van der Waals surface area (Å²) in [4.78, 5) is 4.40. The molecule has 3 aromatic rings. The van der Waals surface area contributed by atoms with Crippen molar-refractivity contribution in [2.75, 3.05) is 6.26 Å². The summed E-state index contributed by atoms with van der Waals surface area (Å²) in [5, 5.41) is 6.42. The molecule has 0 saturated carbocycles. The predicted molar refractivity (Wildman–Crippen MR) is 62.3 cm³/mol. The Kier molecular flexibility index (Phi) is 1.89. The molecule has 0 aliphatic carbocycles. The molecule has 2 aromatic heterocycles. The maximum Gasteiger partial charge on any atom is 0.209 e. The molecule has 3 rings (SSSR count). The largest absolute Gasteiger partial charge is 0.212 e. The standard InChI is InChI=1S/C11H9N3S/c1-15-11-12-10-7-6-8-4-2-3-5-9(8)14(10)13-11/h2-7H,1H3. The van der Waals surface area contributed by atoms with Crippen LogP contribution in [-0.2, 0) is 0 Å². The number of benzene rings is 1. The number of fused-ring (bicyclic) bond motifs is 3. The summed E-state index contributed by atoms with van der Waals surface area (Å²) in [5.74, 6) is 0. The number of rotatable bonds is 1. The van der Waals surface area contributed by atoms with Crippen LogP contribution in [0.4, 0.5) is 0 Å². The van der Waals surface area contributed by atoms with Crippen molar-refractivity contribution < 1.29 is 0 Å². The molecule has 0 saturated heterocycles.